The molecule has 88 valence electrons. The molecule has 0 aliphatic carbocycles. The Morgan fingerprint density at radius 3 is 2.50 bits per heavy atom. The van der Waals surface area contributed by atoms with Gasteiger partial charge in [0, 0.05) is 5.69 Å². The molecule has 1 amide bonds. The summed E-state index contributed by atoms with van der Waals surface area (Å²) in [6, 6.07) is 6.09. The van der Waals surface area contributed by atoms with E-state index in [1.54, 1.807) is 17.6 Å². The quantitative estimate of drug-likeness (QED) is 0.540. The second-order valence-electron chi connectivity index (χ2n) is 3.01. The van der Waals surface area contributed by atoms with Gasteiger partial charge in [0.25, 0.3) is 5.91 Å². The van der Waals surface area contributed by atoms with Crippen molar-refractivity contribution >= 4 is 11.6 Å². The second-order valence-corrected chi connectivity index (χ2v) is 3.01. The van der Waals surface area contributed by atoms with Gasteiger partial charge in [-0.15, -0.1) is 0 Å². The molecule has 0 saturated heterocycles. The fourth-order valence-electron chi connectivity index (χ4n) is 0.996. The van der Waals surface area contributed by atoms with Crippen LogP contribution in [0, 0.1) is 0 Å². The van der Waals surface area contributed by atoms with E-state index in [0.717, 1.165) is 0 Å². The summed E-state index contributed by atoms with van der Waals surface area (Å²) in [4.78, 5) is 11.3. The van der Waals surface area contributed by atoms with Crippen LogP contribution in [0.4, 0.5) is 18.9 Å². The molecule has 4 nitrogen and oxygen atoms in total. The Balaban J connectivity index is 2.51. The Labute approximate surface area is 89.6 Å². The average Bonchev–Trinajstić information content (AvgIpc) is 2.16. The Kier molecular flexibility index (Phi) is 3.73. The number of hydrogen-bond donors (Lipinski definition) is 3. The molecule has 0 aliphatic rings. The molecule has 1 aromatic carbocycles. The van der Waals surface area contributed by atoms with Crippen LogP contribution in [0.25, 0.3) is 0 Å². The number of rotatable bonds is 3. The third kappa shape index (κ3) is 3.77. The number of carbonyl (C=O) groups excluding carboxylic acids is 1. The molecule has 1 aromatic rings. The van der Waals surface area contributed by atoms with Gasteiger partial charge >= 0.3 is 6.18 Å². The lowest BCUT2D eigenvalue weighted by molar-refractivity contribution is -0.126. The van der Waals surface area contributed by atoms with Gasteiger partial charge in [0.1, 0.15) is 6.54 Å². The molecule has 7 heteroatoms. The molecule has 0 aromatic heterocycles. The number of alkyl halides is 3. The van der Waals surface area contributed by atoms with Gasteiger partial charge in [0.05, 0.1) is 5.56 Å². The van der Waals surface area contributed by atoms with Crippen LogP contribution in [0.15, 0.2) is 24.3 Å². The minimum absolute atomic E-state index is 0.122. The normalized spacial score (nSPS) is 11.2. The summed E-state index contributed by atoms with van der Waals surface area (Å²) in [5, 5.41) is 0. The fourth-order valence-corrected chi connectivity index (χ4v) is 0.996. The van der Waals surface area contributed by atoms with E-state index in [0.29, 0.717) is 0 Å². The van der Waals surface area contributed by atoms with E-state index in [-0.39, 0.29) is 11.3 Å². The van der Waals surface area contributed by atoms with Crippen LogP contribution in [-0.4, -0.2) is 18.6 Å². The Morgan fingerprint density at radius 2 is 1.94 bits per heavy atom. The molecule has 0 heterocycles. The number of halogens is 3. The number of anilines is 1. The molecule has 0 bridgehead atoms. The lowest BCUT2D eigenvalue weighted by atomic mass is 10.2. The van der Waals surface area contributed by atoms with Gasteiger partial charge in [-0.05, 0) is 12.1 Å². The fraction of sp³-hybridized carbons (Fsp3) is 0.222. The Morgan fingerprint density at radius 1 is 1.31 bits per heavy atom. The number of nitrogens with one attached hydrogen (secondary N) is 2. The van der Waals surface area contributed by atoms with Crippen molar-refractivity contribution in [2.75, 3.05) is 12.3 Å². The highest BCUT2D eigenvalue weighted by atomic mass is 19.4. The van der Waals surface area contributed by atoms with Gasteiger partial charge in [0.15, 0.2) is 0 Å². The average molecular weight is 233 g/mol. The summed E-state index contributed by atoms with van der Waals surface area (Å²) >= 11 is 0. The van der Waals surface area contributed by atoms with E-state index < -0.39 is 18.6 Å². The molecule has 0 spiro atoms. The molecular formula is C9H10F3N3O. The van der Waals surface area contributed by atoms with Gasteiger partial charge in [-0.2, -0.15) is 13.2 Å². The number of amides is 1. The molecule has 4 N–H and O–H groups in total. The zero-order valence-corrected chi connectivity index (χ0v) is 8.14. The predicted octanol–water partition coefficient (Wildman–Crippen LogP) is 1.07. The first-order valence-electron chi connectivity index (χ1n) is 4.34. The summed E-state index contributed by atoms with van der Waals surface area (Å²) in [6.07, 6.45) is -4.38. The minimum Gasteiger partial charge on any atom is -0.398 e. The first kappa shape index (κ1) is 12.3. The van der Waals surface area contributed by atoms with Crippen LogP contribution in [0.3, 0.4) is 0 Å². The van der Waals surface area contributed by atoms with Gasteiger partial charge in [-0.25, -0.2) is 5.43 Å². The van der Waals surface area contributed by atoms with E-state index in [2.05, 4.69) is 0 Å². The summed E-state index contributed by atoms with van der Waals surface area (Å²) in [5.41, 5.74) is 9.47. The highest BCUT2D eigenvalue weighted by Gasteiger charge is 2.26. The summed E-state index contributed by atoms with van der Waals surface area (Å²) in [5.74, 6) is -0.706. The maximum atomic E-state index is 11.7. The molecule has 1 rings (SSSR count). The molecular weight excluding hydrogens is 223 g/mol. The van der Waals surface area contributed by atoms with Crippen LogP contribution in [-0.2, 0) is 0 Å². The van der Waals surface area contributed by atoms with Crippen LogP contribution in [0.1, 0.15) is 10.4 Å². The zero-order valence-electron chi connectivity index (χ0n) is 8.14. The Bertz CT molecular complexity index is 379. The van der Waals surface area contributed by atoms with Crippen LogP contribution in [0.5, 0.6) is 0 Å². The van der Waals surface area contributed by atoms with Gasteiger partial charge in [0.2, 0.25) is 0 Å². The highest BCUT2D eigenvalue weighted by molar-refractivity contribution is 5.98. The number of nitrogen functional groups attached to an aromatic ring is 1. The summed E-state index contributed by atoms with van der Waals surface area (Å²) in [6.45, 7) is -1.30. The highest BCUT2D eigenvalue weighted by Crippen LogP contribution is 2.12. The van der Waals surface area contributed by atoms with E-state index in [1.807, 2.05) is 5.43 Å². The SMILES string of the molecule is Nc1ccccc1C(=O)NNCC(F)(F)F. The first-order valence-corrected chi connectivity index (χ1v) is 4.34. The van der Waals surface area contributed by atoms with Crippen molar-refractivity contribution in [2.24, 2.45) is 0 Å². The van der Waals surface area contributed by atoms with Crippen molar-refractivity contribution in [2.45, 2.75) is 6.18 Å². The smallest absolute Gasteiger partial charge is 0.398 e. The van der Waals surface area contributed by atoms with Crippen molar-refractivity contribution in [3.63, 3.8) is 0 Å². The van der Waals surface area contributed by atoms with Gasteiger partial charge < -0.3 is 5.73 Å². The number of hydrogen-bond acceptors (Lipinski definition) is 3. The molecule has 0 aliphatic heterocycles. The van der Waals surface area contributed by atoms with Crippen molar-refractivity contribution in [3.8, 4) is 0 Å². The third-order valence-corrected chi connectivity index (χ3v) is 1.70. The number of hydrazine groups is 1. The predicted molar refractivity (Wildman–Crippen MR) is 52.4 cm³/mol. The maximum absolute atomic E-state index is 11.7. The first-order chi connectivity index (χ1) is 7.40. The summed E-state index contributed by atoms with van der Waals surface area (Å²) in [7, 11) is 0. The Hall–Kier alpha value is -1.76. The molecule has 0 saturated carbocycles. The van der Waals surface area contributed by atoms with Crippen LogP contribution < -0.4 is 16.6 Å². The monoisotopic (exact) mass is 233 g/mol. The molecule has 0 radical (unpaired) electrons. The molecule has 0 atom stereocenters. The van der Waals surface area contributed by atoms with Crippen LogP contribution in [0.2, 0.25) is 0 Å². The largest absolute Gasteiger partial charge is 0.402 e. The number of benzene rings is 1. The maximum Gasteiger partial charge on any atom is 0.402 e. The molecule has 0 unspecified atom stereocenters. The van der Waals surface area contributed by atoms with Crippen LogP contribution >= 0.6 is 0 Å². The third-order valence-electron chi connectivity index (χ3n) is 1.70. The van der Waals surface area contributed by atoms with Gasteiger partial charge in [-0.1, -0.05) is 12.1 Å². The zero-order chi connectivity index (χ0) is 12.2. The van der Waals surface area contributed by atoms with E-state index in [1.165, 1.54) is 12.1 Å². The van der Waals surface area contributed by atoms with Crippen molar-refractivity contribution < 1.29 is 18.0 Å². The minimum atomic E-state index is -4.38. The molecule has 16 heavy (non-hydrogen) atoms. The van der Waals surface area contributed by atoms with E-state index in [4.69, 9.17) is 5.73 Å². The van der Waals surface area contributed by atoms with Crippen molar-refractivity contribution in [1.82, 2.24) is 10.9 Å². The van der Waals surface area contributed by atoms with Crippen molar-refractivity contribution in [3.05, 3.63) is 29.8 Å². The molecule has 0 fully saturated rings. The number of nitrogens with two attached hydrogens (primary N) is 1. The van der Waals surface area contributed by atoms with Crippen molar-refractivity contribution in [1.29, 1.82) is 0 Å². The standard InChI is InChI=1S/C9H10F3N3O/c10-9(11,12)5-14-15-8(16)6-3-1-2-4-7(6)13/h1-4,14H,5,13H2,(H,15,16). The second kappa shape index (κ2) is 4.84. The number of para-hydroxylation sites is 1. The topological polar surface area (TPSA) is 67.2 Å². The van der Waals surface area contributed by atoms with Gasteiger partial charge in [-0.3, -0.25) is 10.2 Å². The lowest BCUT2D eigenvalue weighted by Gasteiger charge is -2.10. The number of carbonyl (C=O) groups is 1. The lowest BCUT2D eigenvalue weighted by Crippen LogP contribution is -2.43. The van der Waals surface area contributed by atoms with E-state index >= 15 is 0 Å². The van der Waals surface area contributed by atoms with E-state index in [9.17, 15) is 18.0 Å². The summed E-state index contributed by atoms with van der Waals surface area (Å²) < 4.78 is 35.2.